The van der Waals surface area contributed by atoms with E-state index >= 15 is 0 Å². The number of hydrogen-bond acceptors (Lipinski definition) is 2. The van der Waals surface area contributed by atoms with Gasteiger partial charge in [0.25, 0.3) is 5.91 Å². The van der Waals surface area contributed by atoms with E-state index in [1.165, 1.54) is 0 Å². The second-order valence-electron chi connectivity index (χ2n) is 5.72. The van der Waals surface area contributed by atoms with Crippen molar-refractivity contribution in [1.82, 2.24) is 10.3 Å². The molecule has 1 aromatic rings. The normalized spacial score (nSPS) is 27.0. The van der Waals surface area contributed by atoms with Gasteiger partial charge in [0, 0.05) is 12.1 Å². The molecule has 0 aromatic carbocycles. The standard InChI is InChI=1S/C15H21ClN2O/c1-11-5-7-15(10-16,8-6-11)18-14(19)13-12(2)4-3-9-17-13/h3-4,9,11H,5-8,10H2,1-2H3,(H,18,19). The van der Waals surface area contributed by atoms with Gasteiger partial charge in [0.15, 0.2) is 0 Å². The van der Waals surface area contributed by atoms with E-state index in [4.69, 9.17) is 11.6 Å². The van der Waals surface area contributed by atoms with Crippen LogP contribution in [0.25, 0.3) is 0 Å². The van der Waals surface area contributed by atoms with E-state index in [1.807, 2.05) is 19.1 Å². The van der Waals surface area contributed by atoms with Crippen LogP contribution in [0.4, 0.5) is 0 Å². The van der Waals surface area contributed by atoms with Gasteiger partial charge in [0.1, 0.15) is 5.69 Å². The van der Waals surface area contributed by atoms with Crippen molar-refractivity contribution in [2.75, 3.05) is 5.88 Å². The third-order valence-electron chi connectivity index (χ3n) is 4.09. The number of aryl methyl sites for hydroxylation is 1. The smallest absolute Gasteiger partial charge is 0.270 e. The largest absolute Gasteiger partial charge is 0.344 e. The summed E-state index contributed by atoms with van der Waals surface area (Å²) >= 11 is 6.12. The molecule has 1 aromatic heterocycles. The molecule has 1 heterocycles. The van der Waals surface area contributed by atoms with Gasteiger partial charge >= 0.3 is 0 Å². The fourth-order valence-corrected chi connectivity index (χ4v) is 2.96. The molecule has 0 atom stereocenters. The molecule has 3 nitrogen and oxygen atoms in total. The van der Waals surface area contributed by atoms with Crippen LogP contribution in [-0.2, 0) is 0 Å². The first-order valence-electron chi connectivity index (χ1n) is 6.86. The van der Waals surface area contributed by atoms with Crippen molar-refractivity contribution >= 4 is 17.5 Å². The highest BCUT2D eigenvalue weighted by atomic mass is 35.5. The third-order valence-corrected chi connectivity index (χ3v) is 4.60. The number of nitrogens with one attached hydrogen (secondary N) is 1. The van der Waals surface area contributed by atoms with Crippen molar-refractivity contribution < 1.29 is 4.79 Å². The lowest BCUT2D eigenvalue weighted by molar-refractivity contribution is 0.0866. The molecule has 0 saturated heterocycles. The molecule has 0 radical (unpaired) electrons. The Morgan fingerprint density at radius 1 is 1.53 bits per heavy atom. The summed E-state index contributed by atoms with van der Waals surface area (Å²) in [5.41, 5.74) is 1.15. The minimum absolute atomic E-state index is 0.103. The maximum atomic E-state index is 12.3. The molecule has 1 fully saturated rings. The fraction of sp³-hybridized carbons (Fsp3) is 0.600. The number of pyridine rings is 1. The van der Waals surface area contributed by atoms with Crippen LogP contribution in [0.2, 0.25) is 0 Å². The lowest BCUT2D eigenvalue weighted by Crippen LogP contribution is -2.52. The Balaban J connectivity index is 2.11. The van der Waals surface area contributed by atoms with E-state index in [2.05, 4.69) is 17.2 Å². The first-order chi connectivity index (χ1) is 9.06. The molecule has 1 N–H and O–H groups in total. The van der Waals surface area contributed by atoms with Gasteiger partial charge in [-0.05, 0) is 50.2 Å². The predicted molar refractivity (Wildman–Crippen MR) is 77.5 cm³/mol. The van der Waals surface area contributed by atoms with Gasteiger partial charge in [-0.3, -0.25) is 9.78 Å². The average molecular weight is 281 g/mol. The van der Waals surface area contributed by atoms with Crippen molar-refractivity contribution in [2.45, 2.75) is 45.1 Å². The SMILES string of the molecule is Cc1cccnc1C(=O)NC1(CCl)CCC(C)CC1. The Morgan fingerprint density at radius 3 is 2.79 bits per heavy atom. The molecule has 104 valence electrons. The van der Waals surface area contributed by atoms with Crippen LogP contribution in [0.15, 0.2) is 18.3 Å². The Morgan fingerprint density at radius 2 is 2.21 bits per heavy atom. The first-order valence-corrected chi connectivity index (χ1v) is 7.40. The number of aromatic nitrogens is 1. The zero-order valence-electron chi connectivity index (χ0n) is 11.6. The molecule has 0 aliphatic heterocycles. The van der Waals surface area contributed by atoms with Crippen LogP contribution in [0.1, 0.15) is 48.7 Å². The summed E-state index contributed by atoms with van der Waals surface area (Å²) in [6, 6.07) is 3.74. The minimum Gasteiger partial charge on any atom is -0.344 e. The molecule has 1 aliphatic carbocycles. The van der Waals surface area contributed by atoms with Crippen molar-refractivity contribution in [2.24, 2.45) is 5.92 Å². The highest BCUT2D eigenvalue weighted by molar-refractivity contribution is 6.19. The van der Waals surface area contributed by atoms with E-state index in [0.29, 0.717) is 11.6 Å². The van der Waals surface area contributed by atoms with Crippen LogP contribution in [0.3, 0.4) is 0 Å². The Hall–Kier alpha value is -1.09. The molecular weight excluding hydrogens is 260 g/mol. The molecule has 1 aliphatic rings. The van der Waals surface area contributed by atoms with Gasteiger partial charge in [-0.25, -0.2) is 0 Å². The number of rotatable bonds is 3. The van der Waals surface area contributed by atoms with Crippen molar-refractivity contribution in [3.63, 3.8) is 0 Å². The zero-order valence-corrected chi connectivity index (χ0v) is 12.3. The average Bonchev–Trinajstić information content (AvgIpc) is 2.42. The highest BCUT2D eigenvalue weighted by Crippen LogP contribution is 2.33. The molecule has 19 heavy (non-hydrogen) atoms. The van der Waals surface area contributed by atoms with Crippen LogP contribution >= 0.6 is 11.6 Å². The van der Waals surface area contributed by atoms with E-state index < -0.39 is 0 Å². The van der Waals surface area contributed by atoms with Gasteiger partial charge in [0.05, 0.1) is 5.54 Å². The van der Waals surface area contributed by atoms with Crippen molar-refractivity contribution in [3.8, 4) is 0 Å². The Bertz CT molecular complexity index is 453. The number of hydrogen-bond donors (Lipinski definition) is 1. The lowest BCUT2D eigenvalue weighted by atomic mass is 9.78. The number of carbonyl (C=O) groups is 1. The summed E-state index contributed by atoms with van der Waals surface area (Å²) in [4.78, 5) is 16.5. The summed E-state index contributed by atoms with van der Waals surface area (Å²) < 4.78 is 0. The van der Waals surface area contributed by atoms with Gasteiger partial charge < -0.3 is 5.32 Å². The lowest BCUT2D eigenvalue weighted by Gasteiger charge is -2.38. The monoisotopic (exact) mass is 280 g/mol. The number of alkyl halides is 1. The summed E-state index contributed by atoms with van der Waals surface area (Å²) in [7, 11) is 0. The molecule has 0 unspecified atom stereocenters. The topological polar surface area (TPSA) is 42.0 Å². The van der Waals surface area contributed by atoms with E-state index in [9.17, 15) is 4.79 Å². The van der Waals surface area contributed by atoms with Crippen LogP contribution in [-0.4, -0.2) is 22.3 Å². The Labute approximate surface area is 119 Å². The number of carbonyl (C=O) groups excluding carboxylic acids is 1. The summed E-state index contributed by atoms with van der Waals surface area (Å²) in [5, 5.41) is 3.13. The summed E-state index contributed by atoms with van der Waals surface area (Å²) in [5.74, 6) is 1.09. The minimum atomic E-state index is -0.255. The van der Waals surface area contributed by atoms with Crippen LogP contribution in [0.5, 0.6) is 0 Å². The third kappa shape index (κ3) is 3.27. The zero-order chi connectivity index (χ0) is 13.9. The van der Waals surface area contributed by atoms with Gasteiger partial charge in [-0.1, -0.05) is 13.0 Å². The second-order valence-corrected chi connectivity index (χ2v) is 5.99. The molecule has 1 amide bonds. The van der Waals surface area contributed by atoms with E-state index in [1.54, 1.807) is 6.20 Å². The summed E-state index contributed by atoms with van der Waals surface area (Å²) in [6.07, 6.45) is 5.80. The molecule has 0 spiro atoms. The van der Waals surface area contributed by atoms with E-state index in [-0.39, 0.29) is 11.4 Å². The highest BCUT2D eigenvalue weighted by Gasteiger charge is 2.35. The van der Waals surface area contributed by atoms with Gasteiger partial charge in [0.2, 0.25) is 0 Å². The summed E-state index contributed by atoms with van der Waals surface area (Å²) in [6.45, 7) is 4.15. The van der Waals surface area contributed by atoms with Crippen LogP contribution in [0, 0.1) is 12.8 Å². The number of nitrogens with zero attached hydrogens (tertiary/aromatic N) is 1. The molecule has 0 bridgehead atoms. The predicted octanol–water partition coefficient (Wildman–Crippen LogP) is 3.31. The van der Waals surface area contributed by atoms with Crippen molar-refractivity contribution in [1.29, 1.82) is 0 Å². The molecule has 1 saturated carbocycles. The number of amides is 1. The maximum absolute atomic E-state index is 12.3. The Kier molecular flexibility index (Phi) is 4.46. The first kappa shape index (κ1) is 14.3. The van der Waals surface area contributed by atoms with Gasteiger partial charge in [-0.2, -0.15) is 0 Å². The van der Waals surface area contributed by atoms with Crippen LogP contribution < -0.4 is 5.32 Å². The maximum Gasteiger partial charge on any atom is 0.270 e. The molecule has 4 heteroatoms. The quantitative estimate of drug-likeness (QED) is 0.863. The molecule has 2 rings (SSSR count). The van der Waals surface area contributed by atoms with Crippen molar-refractivity contribution in [3.05, 3.63) is 29.6 Å². The van der Waals surface area contributed by atoms with Gasteiger partial charge in [-0.15, -0.1) is 11.6 Å². The van der Waals surface area contributed by atoms with E-state index in [0.717, 1.165) is 37.2 Å². The molecular formula is C15H21ClN2O. The second kappa shape index (κ2) is 5.91. The number of halogens is 1. The fourth-order valence-electron chi connectivity index (χ4n) is 2.63.